The van der Waals surface area contributed by atoms with Crippen molar-refractivity contribution >= 4 is 23.4 Å². The maximum atomic E-state index is 13.8. The van der Waals surface area contributed by atoms with E-state index in [-0.39, 0.29) is 11.3 Å². The highest BCUT2D eigenvalue weighted by Gasteiger charge is 2.18. The largest absolute Gasteiger partial charge is 0.465 e. The van der Waals surface area contributed by atoms with Crippen LogP contribution in [0.15, 0.2) is 42.5 Å². The van der Waals surface area contributed by atoms with E-state index in [9.17, 15) is 14.0 Å². The van der Waals surface area contributed by atoms with Crippen LogP contribution in [0.1, 0.15) is 15.9 Å². The van der Waals surface area contributed by atoms with E-state index < -0.39 is 17.8 Å². The summed E-state index contributed by atoms with van der Waals surface area (Å²) in [6.07, 6.45) is 0. The van der Waals surface area contributed by atoms with Crippen LogP contribution in [-0.4, -0.2) is 33.2 Å². The molecule has 0 aliphatic rings. The summed E-state index contributed by atoms with van der Waals surface area (Å²) in [5.41, 5.74) is 1.70. The Balaban J connectivity index is 2.01. The fraction of sp³-hybridized carbons (Fsp3) is 0.222. The fourth-order valence-corrected chi connectivity index (χ4v) is 2.20. The topological polar surface area (TPSA) is 70.7 Å². The molecule has 25 heavy (non-hydrogen) atoms. The minimum Gasteiger partial charge on any atom is -0.465 e. The minimum atomic E-state index is -0.854. The first-order chi connectivity index (χ1) is 11.9. The summed E-state index contributed by atoms with van der Waals surface area (Å²) in [5, 5.41) is 5.13. The molecule has 0 radical (unpaired) electrons. The predicted molar refractivity (Wildman–Crippen MR) is 94.4 cm³/mol. The van der Waals surface area contributed by atoms with Gasteiger partial charge < -0.3 is 20.3 Å². The van der Waals surface area contributed by atoms with E-state index in [1.807, 2.05) is 43.3 Å². The molecule has 0 fully saturated rings. The average molecular weight is 345 g/mol. The van der Waals surface area contributed by atoms with Crippen molar-refractivity contribution in [1.82, 2.24) is 5.32 Å². The molecule has 2 aromatic carbocycles. The number of nitrogens with one attached hydrogen (secondary N) is 2. The lowest BCUT2D eigenvalue weighted by Crippen LogP contribution is -2.29. The maximum absolute atomic E-state index is 13.8. The van der Waals surface area contributed by atoms with Gasteiger partial charge in [0.2, 0.25) is 0 Å². The van der Waals surface area contributed by atoms with Gasteiger partial charge in [0.1, 0.15) is 11.4 Å². The Morgan fingerprint density at radius 3 is 2.40 bits per heavy atom. The van der Waals surface area contributed by atoms with Crippen molar-refractivity contribution in [1.29, 1.82) is 0 Å². The molecule has 0 unspecified atom stereocenters. The molecule has 0 saturated heterocycles. The third-order valence-electron chi connectivity index (χ3n) is 3.56. The molecule has 0 bridgehead atoms. The van der Waals surface area contributed by atoms with Gasteiger partial charge in [-0.3, -0.25) is 0 Å². The second kappa shape index (κ2) is 8.14. The van der Waals surface area contributed by atoms with Gasteiger partial charge in [0, 0.05) is 26.3 Å². The number of carbonyl (C=O) groups excluding carboxylic acids is 2. The molecule has 0 aromatic heterocycles. The predicted octanol–water partition coefficient (Wildman–Crippen LogP) is 3.00. The molecule has 0 aliphatic heterocycles. The van der Waals surface area contributed by atoms with Gasteiger partial charge in [-0.1, -0.05) is 18.2 Å². The Hall–Kier alpha value is -3.09. The van der Waals surface area contributed by atoms with Crippen LogP contribution in [0.25, 0.3) is 0 Å². The highest BCUT2D eigenvalue weighted by Crippen LogP contribution is 2.20. The van der Waals surface area contributed by atoms with Crippen LogP contribution in [0.4, 0.5) is 20.6 Å². The van der Waals surface area contributed by atoms with E-state index in [0.29, 0.717) is 6.54 Å². The number of ether oxygens (including phenoxy) is 1. The zero-order valence-corrected chi connectivity index (χ0v) is 14.3. The van der Waals surface area contributed by atoms with E-state index in [4.69, 9.17) is 0 Å². The lowest BCUT2D eigenvalue weighted by atomic mass is 10.1. The van der Waals surface area contributed by atoms with Gasteiger partial charge in [-0.05, 0) is 29.8 Å². The van der Waals surface area contributed by atoms with Gasteiger partial charge in [0.05, 0.1) is 12.8 Å². The maximum Gasteiger partial charge on any atom is 0.342 e. The van der Waals surface area contributed by atoms with Gasteiger partial charge in [0.15, 0.2) is 0 Å². The monoisotopic (exact) mass is 345 g/mol. The highest BCUT2D eigenvalue weighted by atomic mass is 19.1. The summed E-state index contributed by atoms with van der Waals surface area (Å²) < 4.78 is 18.4. The van der Waals surface area contributed by atoms with Crippen LogP contribution in [0.3, 0.4) is 0 Å². The quantitative estimate of drug-likeness (QED) is 0.817. The van der Waals surface area contributed by atoms with Crippen molar-refractivity contribution in [3.05, 3.63) is 59.4 Å². The van der Waals surface area contributed by atoms with Crippen molar-refractivity contribution in [2.75, 3.05) is 31.4 Å². The van der Waals surface area contributed by atoms with E-state index >= 15 is 0 Å². The minimum absolute atomic E-state index is 0.0484. The number of nitrogens with zero attached hydrogens (tertiary/aromatic N) is 1. The van der Waals surface area contributed by atoms with Gasteiger partial charge in [-0.2, -0.15) is 0 Å². The first-order valence-electron chi connectivity index (χ1n) is 7.60. The van der Waals surface area contributed by atoms with Crippen LogP contribution in [0.5, 0.6) is 0 Å². The number of halogens is 1. The number of carbonyl (C=O) groups is 2. The molecule has 0 heterocycles. The Morgan fingerprint density at radius 1 is 1.12 bits per heavy atom. The molecule has 7 heteroatoms. The lowest BCUT2D eigenvalue weighted by molar-refractivity contribution is 0.0597. The Morgan fingerprint density at radius 2 is 1.80 bits per heavy atom. The van der Waals surface area contributed by atoms with Crippen molar-refractivity contribution in [2.45, 2.75) is 6.54 Å². The number of anilines is 2. The summed E-state index contributed by atoms with van der Waals surface area (Å²) in [5.74, 6) is -1.61. The molecule has 2 amide bonds. The van der Waals surface area contributed by atoms with Gasteiger partial charge >= 0.3 is 12.0 Å². The van der Waals surface area contributed by atoms with Crippen molar-refractivity contribution in [3.63, 3.8) is 0 Å². The van der Waals surface area contributed by atoms with Gasteiger partial charge in [-0.25, -0.2) is 14.0 Å². The molecule has 0 aliphatic carbocycles. The third-order valence-corrected chi connectivity index (χ3v) is 3.56. The smallest absolute Gasteiger partial charge is 0.342 e. The fourth-order valence-electron chi connectivity index (χ4n) is 2.20. The number of urea groups is 1. The van der Waals surface area contributed by atoms with Gasteiger partial charge in [0.25, 0.3) is 0 Å². The number of rotatable bonds is 5. The molecule has 0 saturated carbocycles. The zero-order chi connectivity index (χ0) is 18.4. The van der Waals surface area contributed by atoms with Crippen molar-refractivity contribution in [3.8, 4) is 0 Å². The second-order valence-corrected chi connectivity index (χ2v) is 5.52. The van der Waals surface area contributed by atoms with Crippen molar-refractivity contribution in [2.24, 2.45) is 0 Å². The molecular weight excluding hydrogens is 325 g/mol. The molecule has 0 spiro atoms. The number of hydrogen-bond donors (Lipinski definition) is 2. The first-order valence-corrected chi connectivity index (χ1v) is 7.60. The Labute approximate surface area is 145 Å². The molecule has 132 valence electrons. The molecule has 2 aromatic rings. The lowest BCUT2D eigenvalue weighted by Gasteiger charge is -2.13. The molecule has 2 N–H and O–H groups in total. The van der Waals surface area contributed by atoms with Crippen LogP contribution in [0.2, 0.25) is 0 Å². The molecule has 0 atom stereocenters. The Bertz CT molecular complexity index is 761. The SMILES string of the molecule is COC(=O)c1c(F)cccc1NC(=O)NCc1ccc(N(C)C)cc1. The normalized spacial score (nSPS) is 10.1. The van der Waals surface area contributed by atoms with E-state index in [1.54, 1.807) is 0 Å². The third kappa shape index (κ3) is 4.69. The standard InChI is InChI=1S/C18H20FN3O3/c1-22(2)13-9-7-12(8-10-13)11-20-18(24)21-15-6-4-5-14(19)16(15)17(23)25-3/h4-10H,11H2,1-3H3,(H2,20,21,24). The molecule has 6 nitrogen and oxygen atoms in total. The number of hydrogen-bond acceptors (Lipinski definition) is 4. The second-order valence-electron chi connectivity index (χ2n) is 5.52. The number of esters is 1. The van der Waals surface area contributed by atoms with E-state index in [0.717, 1.165) is 24.4 Å². The number of amides is 2. The average Bonchev–Trinajstić information content (AvgIpc) is 2.60. The van der Waals surface area contributed by atoms with E-state index in [1.165, 1.54) is 12.1 Å². The van der Waals surface area contributed by atoms with Gasteiger partial charge in [-0.15, -0.1) is 0 Å². The summed E-state index contributed by atoms with van der Waals surface area (Å²) in [7, 11) is 5.03. The van der Waals surface area contributed by atoms with Crippen LogP contribution in [0, 0.1) is 5.82 Å². The zero-order valence-electron chi connectivity index (χ0n) is 14.3. The summed E-state index contributed by atoms with van der Waals surface area (Å²) in [6, 6.07) is 11.1. The molecular formula is C18H20FN3O3. The summed E-state index contributed by atoms with van der Waals surface area (Å²) >= 11 is 0. The van der Waals surface area contributed by atoms with Crippen LogP contribution < -0.4 is 15.5 Å². The van der Waals surface area contributed by atoms with Crippen molar-refractivity contribution < 1.29 is 18.7 Å². The number of methoxy groups -OCH3 is 1. The number of benzene rings is 2. The van der Waals surface area contributed by atoms with Crippen LogP contribution >= 0.6 is 0 Å². The Kier molecular flexibility index (Phi) is 5.94. The van der Waals surface area contributed by atoms with Crippen LogP contribution in [-0.2, 0) is 11.3 Å². The summed E-state index contributed by atoms with van der Waals surface area (Å²) in [4.78, 5) is 25.7. The van der Waals surface area contributed by atoms with E-state index in [2.05, 4.69) is 15.4 Å². The first kappa shape index (κ1) is 18.3. The highest BCUT2D eigenvalue weighted by molar-refractivity contribution is 6.01. The molecule has 2 rings (SSSR count). The summed E-state index contributed by atoms with van der Waals surface area (Å²) in [6.45, 7) is 0.294.